The molecule has 0 aromatic heterocycles. The van der Waals surface area contributed by atoms with Gasteiger partial charge in [-0.05, 0) is 23.8 Å². The van der Waals surface area contributed by atoms with Gasteiger partial charge in [-0.2, -0.15) is 0 Å². The van der Waals surface area contributed by atoms with Crippen LogP contribution in [0.3, 0.4) is 0 Å². The second-order valence-electron chi connectivity index (χ2n) is 6.23. The Bertz CT molecular complexity index is 796. The predicted octanol–water partition coefficient (Wildman–Crippen LogP) is 2.55. The lowest BCUT2D eigenvalue weighted by molar-refractivity contribution is -0.118. The van der Waals surface area contributed by atoms with Gasteiger partial charge < -0.3 is 10.6 Å². The second-order valence-corrected chi connectivity index (χ2v) is 6.23. The van der Waals surface area contributed by atoms with Crippen LogP contribution in [0.15, 0.2) is 54.6 Å². The van der Waals surface area contributed by atoms with Crippen molar-refractivity contribution >= 4 is 17.5 Å². The van der Waals surface area contributed by atoms with Gasteiger partial charge >= 0.3 is 0 Å². The van der Waals surface area contributed by atoms with Gasteiger partial charge in [0.05, 0.1) is 12.6 Å². The zero-order valence-electron chi connectivity index (χ0n) is 14.0. The molecule has 0 radical (unpaired) electrons. The lowest BCUT2D eigenvalue weighted by Crippen LogP contribution is -2.35. The number of hydrogen-bond acceptors (Lipinski definition) is 3. The van der Waals surface area contributed by atoms with Crippen LogP contribution in [0.5, 0.6) is 0 Å². The van der Waals surface area contributed by atoms with Crippen molar-refractivity contribution in [3.63, 3.8) is 0 Å². The van der Waals surface area contributed by atoms with Gasteiger partial charge in [0.25, 0.3) is 11.8 Å². The number of hydrogen-bond donors (Lipinski definition) is 3. The van der Waals surface area contributed by atoms with Gasteiger partial charge in [0.1, 0.15) is 0 Å². The van der Waals surface area contributed by atoms with Crippen molar-refractivity contribution in [3.8, 4) is 0 Å². The first kappa shape index (κ1) is 18.0. The summed E-state index contributed by atoms with van der Waals surface area (Å²) in [6.07, 6.45) is -0.532. The van der Waals surface area contributed by atoms with E-state index in [0.717, 1.165) is 5.56 Å². The molecule has 0 bridgehead atoms. The Kier molecular flexibility index (Phi) is 5.27. The lowest BCUT2D eigenvalue weighted by Gasteiger charge is -2.12. The number of carbonyl (C=O) groups is 2. The molecule has 3 rings (SSSR count). The van der Waals surface area contributed by atoms with Gasteiger partial charge in [-0.25, -0.2) is 8.78 Å². The molecule has 1 unspecified atom stereocenters. The molecule has 0 aliphatic carbocycles. The molecule has 136 valence electrons. The van der Waals surface area contributed by atoms with Crippen LogP contribution in [-0.2, 0) is 11.3 Å². The van der Waals surface area contributed by atoms with Crippen LogP contribution in [-0.4, -0.2) is 30.3 Å². The Morgan fingerprint density at radius 3 is 2.58 bits per heavy atom. The van der Waals surface area contributed by atoms with Crippen molar-refractivity contribution in [1.29, 1.82) is 0 Å². The molecule has 2 amide bonds. The molecule has 2 aromatic carbocycles. The van der Waals surface area contributed by atoms with Crippen molar-refractivity contribution in [2.45, 2.75) is 24.9 Å². The van der Waals surface area contributed by atoms with Crippen LogP contribution in [0.2, 0.25) is 0 Å². The first-order chi connectivity index (χ1) is 12.4. The first-order valence-corrected chi connectivity index (χ1v) is 8.27. The molecular formula is C19H19F2N3O2. The van der Waals surface area contributed by atoms with E-state index < -0.39 is 30.8 Å². The molecule has 1 fully saturated rings. The maximum atomic E-state index is 13.2. The SMILES string of the molecule is O=C(NCc1ccccc1)c1cccc(NC(=O)C2CC(F)(F)CN2)c1. The Morgan fingerprint density at radius 1 is 1.12 bits per heavy atom. The van der Waals surface area contributed by atoms with E-state index in [0.29, 0.717) is 17.8 Å². The number of alkyl halides is 2. The van der Waals surface area contributed by atoms with Crippen molar-refractivity contribution in [1.82, 2.24) is 10.6 Å². The van der Waals surface area contributed by atoms with Gasteiger partial charge in [0, 0.05) is 24.2 Å². The number of halogens is 2. The zero-order chi connectivity index (χ0) is 18.6. The quantitative estimate of drug-likeness (QED) is 0.768. The van der Waals surface area contributed by atoms with Crippen LogP contribution in [0, 0.1) is 0 Å². The van der Waals surface area contributed by atoms with Crippen LogP contribution in [0.1, 0.15) is 22.3 Å². The fraction of sp³-hybridized carbons (Fsp3) is 0.263. The molecule has 1 heterocycles. The molecule has 2 aromatic rings. The molecule has 26 heavy (non-hydrogen) atoms. The number of benzene rings is 2. The highest BCUT2D eigenvalue weighted by Crippen LogP contribution is 2.25. The summed E-state index contributed by atoms with van der Waals surface area (Å²) in [6, 6.07) is 14.9. The van der Waals surface area contributed by atoms with E-state index in [-0.39, 0.29) is 5.91 Å². The topological polar surface area (TPSA) is 70.2 Å². The molecule has 7 heteroatoms. The molecule has 1 saturated heterocycles. The summed E-state index contributed by atoms with van der Waals surface area (Å²) >= 11 is 0. The Balaban J connectivity index is 1.59. The molecule has 0 saturated carbocycles. The molecule has 0 spiro atoms. The molecule has 3 N–H and O–H groups in total. The predicted molar refractivity (Wildman–Crippen MR) is 94.0 cm³/mol. The van der Waals surface area contributed by atoms with E-state index in [9.17, 15) is 18.4 Å². The zero-order valence-corrected chi connectivity index (χ0v) is 14.0. The van der Waals surface area contributed by atoms with Crippen LogP contribution in [0.4, 0.5) is 14.5 Å². The largest absolute Gasteiger partial charge is 0.348 e. The van der Waals surface area contributed by atoms with Gasteiger partial charge in [0.15, 0.2) is 0 Å². The molecule has 1 aliphatic rings. The fourth-order valence-corrected chi connectivity index (χ4v) is 2.75. The van der Waals surface area contributed by atoms with Crippen LogP contribution >= 0.6 is 0 Å². The van der Waals surface area contributed by atoms with Gasteiger partial charge in [-0.15, -0.1) is 0 Å². The Labute approximate surface area is 149 Å². The third kappa shape index (κ3) is 4.64. The highest BCUT2D eigenvalue weighted by atomic mass is 19.3. The van der Waals surface area contributed by atoms with Crippen molar-refractivity contribution in [2.75, 3.05) is 11.9 Å². The van der Waals surface area contributed by atoms with Crippen molar-refractivity contribution < 1.29 is 18.4 Å². The van der Waals surface area contributed by atoms with Gasteiger partial charge in [-0.1, -0.05) is 36.4 Å². The minimum Gasteiger partial charge on any atom is -0.348 e. The van der Waals surface area contributed by atoms with Crippen molar-refractivity contribution in [2.24, 2.45) is 0 Å². The Hall–Kier alpha value is -2.80. The van der Waals surface area contributed by atoms with E-state index in [4.69, 9.17) is 0 Å². The second kappa shape index (κ2) is 7.61. The van der Waals surface area contributed by atoms with Gasteiger partial charge in [0.2, 0.25) is 5.91 Å². The highest BCUT2D eigenvalue weighted by Gasteiger charge is 2.42. The number of rotatable bonds is 5. The Morgan fingerprint density at radius 2 is 1.88 bits per heavy atom. The van der Waals surface area contributed by atoms with E-state index in [1.807, 2.05) is 30.3 Å². The standard InChI is InChI=1S/C19H19F2N3O2/c20-19(21)10-16(23-12-19)18(26)24-15-8-4-7-14(9-15)17(25)22-11-13-5-2-1-3-6-13/h1-9,16,23H,10-12H2,(H,22,25)(H,24,26). The number of nitrogens with one attached hydrogen (secondary N) is 3. The monoisotopic (exact) mass is 359 g/mol. The fourth-order valence-electron chi connectivity index (χ4n) is 2.75. The maximum absolute atomic E-state index is 13.2. The minimum atomic E-state index is -2.87. The van der Waals surface area contributed by atoms with E-state index >= 15 is 0 Å². The summed E-state index contributed by atoms with van der Waals surface area (Å²) in [5, 5.41) is 7.88. The van der Waals surface area contributed by atoms with E-state index in [1.54, 1.807) is 18.2 Å². The van der Waals surface area contributed by atoms with Crippen LogP contribution < -0.4 is 16.0 Å². The summed E-state index contributed by atoms with van der Waals surface area (Å²) in [6.45, 7) is -0.121. The van der Waals surface area contributed by atoms with Gasteiger partial charge in [-0.3, -0.25) is 14.9 Å². The summed E-state index contributed by atoms with van der Waals surface area (Å²) in [5.74, 6) is -3.69. The summed E-state index contributed by atoms with van der Waals surface area (Å²) in [7, 11) is 0. The maximum Gasteiger partial charge on any atom is 0.262 e. The molecule has 1 aliphatic heterocycles. The molecular weight excluding hydrogens is 340 g/mol. The average molecular weight is 359 g/mol. The van der Waals surface area contributed by atoms with Crippen LogP contribution in [0.25, 0.3) is 0 Å². The number of amides is 2. The summed E-state index contributed by atoms with van der Waals surface area (Å²) in [5.41, 5.74) is 1.74. The minimum absolute atomic E-state index is 0.282. The summed E-state index contributed by atoms with van der Waals surface area (Å²) < 4.78 is 26.4. The van der Waals surface area contributed by atoms with E-state index in [2.05, 4.69) is 16.0 Å². The van der Waals surface area contributed by atoms with Crippen molar-refractivity contribution in [3.05, 3.63) is 65.7 Å². The first-order valence-electron chi connectivity index (χ1n) is 8.27. The third-order valence-corrected chi connectivity index (χ3v) is 4.11. The smallest absolute Gasteiger partial charge is 0.262 e. The molecule has 5 nitrogen and oxygen atoms in total. The number of carbonyl (C=O) groups excluding carboxylic acids is 2. The third-order valence-electron chi connectivity index (χ3n) is 4.11. The van der Waals surface area contributed by atoms with E-state index in [1.165, 1.54) is 6.07 Å². The summed E-state index contributed by atoms with van der Waals surface area (Å²) in [4.78, 5) is 24.3. The lowest BCUT2D eigenvalue weighted by atomic mass is 10.1. The molecule has 1 atom stereocenters. The normalized spacial score (nSPS) is 18.3. The number of anilines is 1. The average Bonchev–Trinajstić information content (AvgIpc) is 3.01. The highest BCUT2D eigenvalue weighted by molar-refractivity contribution is 5.98.